The van der Waals surface area contributed by atoms with Crippen LogP contribution in [0, 0.1) is 11.7 Å². The maximum absolute atomic E-state index is 14.6. The van der Waals surface area contributed by atoms with Gasteiger partial charge in [0.15, 0.2) is 11.6 Å². The van der Waals surface area contributed by atoms with E-state index in [0.717, 1.165) is 28.2 Å². The van der Waals surface area contributed by atoms with Crippen molar-refractivity contribution in [1.29, 1.82) is 0 Å². The predicted molar refractivity (Wildman–Crippen MR) is 144 cm³/mol. The highest BCUT2D eigenvalue weighted by Gasteiger charge is 2.30. The number of methoxy groups -OCH3 is 1. The first-order valence-corrected chi connectivity index (χ1v) is 13.1. The van der Waals surface area contributed by atoms with Gasteiger partial charge >= 0.3 is 5.97 Å². The molecule has 0 saturated heterocycles. The average Bonchev–Trinajstić information content (AvgIpc) is 3.57. The second kappa shape index (κ2) is 12.2. The number of nitrogens with zero attached hydrogens (tertiary/aromatic N) is 2. The van der Waals surface area contributed by atoms with E-state index >= 15 is 0 Å². The number of thioether (sulfide) groups is 1. The number of hydrogen-bond donors (Lipinski definition) is 2. The molecule has 0 aliphatic heterocycles. The van der Waals surface area contributed by atoms with E-state index in [4.69, 9.17) is 9.47 Å². The Morgan fingerprint density at radius 3 is 2.81 bits per heavy atom. The Kier molecular flexibility index (Phi) is 8.74. The van der Waals surface area contributed by atoms with E-state index in [0.29, 0.717) is 35.5 Å². The van der Waals surface area contributed by atoms with Crippen molar-refractivity contribution < 1.29 is 23.8 Å². The highest BCUT2D eigenvalue weighted by molar-refractivity contribution is 8.03. The number of halogens is 1. The van der Waals surface area contributed by atoms with E-state index < -0.39 is 11.8 Å². The zero-order valence-electron chi connectivity index (χ0n) is 19.7. The molecule has 0 amide bonds. The molecule has 0 bridgehead atoms. The first-order valence-electron chi connectivity index (χ1n) is 11.3. The van der Waals surface area contributed by atoms with E-state index in [1.54, 1.807) is 31.5 Å². The highest BCUT2D eigenvalue weighted by Crippen LogP contribution is 2.46. The van der Waals surface area contributed by atoms with Crippen LogP contribution in [0.4, 0.5) is 10.2 Å². The van der Waals surface area contributed by atoms with Gasteiger partial charge in [-0.1, -0.05) is 6.07 Å². The van der Waals surface area contributed by atoms with Gasteiger partial charge in [0.1, 0.15) is 18.0 Å². The minimum atomic E-state index is -1.05. The number of ether oxygens (including phenoxy) is 2. The lowest BCUT2D eigenvalue weighted by Crippen LogP contribution is -2.09. The van der Waals surface area contributed by atoms with Crippen LogP contribution in [0.2, 0.25) is 0 Å². The molecule has 0 atom stereocenters. The van der Waals surface area contributed by atoms with Gasteiger partial charge < -0.3 is 19.9 Å². The molecule has 1 fully saturated rings. The maximum atomic E-state index is 14.6. The second-order valence-corrected chi connectivity index (χ2v) is 9.96. The van der Waals surface area contributed by atoms with Gasteiger partial charge in [0.25, 0.3) is 0 Å². The van der Waals surface area contributed by atoms with E-state index in [9.17, 15) is 14.3 Å². The number of aromatic carboxylic acids is 1. The Morgan fingerprint density at radius 2 is 2.17 bits per heavy atom. The number of thiophene rings is 1. The normalized spacial score (nSPS) is 13.7. The van der Waals surface area contributed by atoms with Crippen molar-refractivity contribution in [3.8, 4) is 16.2 Å². The molecule has 188 valence electrons. The molecule has 10 heteroatoms. The number of anilines is 1. The fraction of sp³-hybridized carbons (Fsp3) is 0.269. The number of pyridine rings is 1. The molecule has 2 aromatic heterocycles. The van der Waals surface area contributed by atoms with Crippen molar-refractivity contribution in [3.05, 3.63) is 69.8 Å². The van der Waals surface area contributed by atoms with Crippen LogP contribution >= 0.6 is 23.1 Å². The number of benzene rings is 1. The van der Waals surface area contributed by atoms with Crippen LogP contribution in [0.3, 0.4) is 0 Å². The number of carboxylic acids is 1. The van der Waals surface area contributed by atoms with Crippen molar-refractivity contribution >= 4 is 47.3 Å². The Hall–Kier alpha value is -3.21. The lowest BCUT2D eigenvalue weighted by molar-refractivity contribution is 0.0697. The highest BCUT2D eigenvalue weighted by atomic mass is 32.2. The summed E-state index contributed by atoms with van der Waals surface area (Å²) in [5.41, 5.74) is 2.09. The number of aliphatic imine (C=N–C) groups is 1. The molecule has 4 rings (SSSR count). The minimum Gasteiger partial charge on any atom is -0.488 e. The number of rotatable bonds is 13. The monoisotopic (exact) mass is 527 g/mol. The molecule has 36 heavy (non-hydrogen) atoms. The average molecular weight is 528 g/mol. The number of hydrogen-bond acceptors (Lipinski definition) is 8. The number of carboxylic acid groups (broad SMARTS) is 1. The number of carbonyl (C=O) groups is 1. The van der Waals surface area contributed by atoms with Gasteiger partial charge in [0.2, 0.25) is 0 Å². The van der Waals surface area contributed by atoms with Crippen molar-refractivity contribution in [2.45, 2.75) is 12.8 Å². The molecule has 1 aliphatic rings. The maximum Gasteiger partial charge on any atom is 0.339 e. The van der Waals surface area contributed by atoms with Crippen LogP contribution in [0.1, 0.15) is 28.8 Å². The lowest BCUT2D eigenvalue weighted by atomic mass is 10.1. The molecule has 2 heterocycles. The van der Waals surface area contributed by atoms with Gasteiger partial charge in [0.05, 0.1) is 18.2 Å². The van der Waals surface area contributed by atoms with E-state index in [-0.39, 0.29) is 17.9 Å². The first kappa shape index (κ1) is 25.9. The molecule has 3 aromatic rings. The van der Waals surface area contributed by atoms with Gasteiger partial charge in [-0.25, -0.2) is 14.2 Å². The van der Waals surface area contributed by atoms with Crippen molar-refractivity contribution in [2.24, 2.45) is 10.9 Å². The topological polar surface area (TPSA) is 93.0 Å². The summed E-state index contributed by atoms with van der Waals surface area (Å²) in [5, 5.41) is 14.8. The van der Waals surface area contributed by atoms with Gasteiger partial charge in [-0.15, -0.1) is 23.1 Å². The Morgan fingerprint density at radius 1 is 1.33 bits per heavy atom. The predicted octanol–water partition coefficient (Wildman–Crippen LogP) is 6.25. The summed E-state index contributed by atoms with van der Waals surface area (Å²) in [6, 6.07) is 10.2. The molecule has 1 saturated carbocycles. The van der Waals surface area contributed by atoms with Crippen molar-refractivity contribution in [1.82, 2.24) is 4.98 Å². The molecule has 7 nitrogen and oxygen atoms in total. The van der Waals surface area contributed by atoms with E-state index in [2.05, 4.69) is 22.0 Å². The fourth-order valence-corrected chi connectivity index (χ4v) is 5.43. The van der Waals surface area contributed by atoms with Gasteiger partial charge in [-0.3, -0.25) is 4.99 Å². The quantitative estimate of drug-likeness (QED) is 0.154. The van der Waals surface area contributed by atoms with Crippen LogP contribution in [0.5, 0.6) is 5.75 Å². The van der Waals surface area contributed by atoms with Gasteiger partial charge in [0, 0.05) is 34.2 Å². The molecule has 1 aliphatic carbocycles. The third-order valence-corrected chi connectivity index (χ3v) is 7.53. The van der Waals surface area contributed by atoms with Crippen molar-refractivity contribution in [3.63, 3.8) is 0 Å². The minimum absolute atomic E-state index is 0.103. The second-order valence-electron chi connectivity index (χ2n) is 8.00. The van der Waals surface area contributed by atoms with Crippen LogP contribution in [-0.2, 0) is 4.74 Å². The Labute approximate surface area is 217 Å². The molecule has 2 N–H and O–H groups in total. The van der Waals surface area contributed by atoms with Crippen LogP contribution in [0.25, 0.3) is 16.1 Å². The van der Waals surface area contributed by atoms with Crippen LogP contribution in [0.15, 0.2) is 57.9 Å². The zero-order valence-corrected chi connectivity index (χ0v) is 21.3. The van der Waals surface area contributed by atoms with Crippen LogP contribution < -0.4 is 10.1 Å². The SMILES string of the molecule is C=N/C(=C(\SCNc1ncc(-c2cccs2)cc1C(=O)O)C1CC1)c1ccc(OCCOC)c(F)c1. The Bertz CT molecular complexity index is 1260. The summed E-state index contributed by atoms with van der Waals surface area (Å²) in [6.45, 7) is 4.34. The summed E-state index contributed by atoms with van der Waals surface area (Å²) in [6.07, 6.45) is 3.69. The zero-order chi connectivity index (χ0) is 25.5. The number of allylic oxidation sites excluding steroid dienone is 1. The standard InChI is InChI=1S/C26H26FN3O4S2/c1-28-23(17-7-8-21(20(27)13-17)34-10-9-33-2)24(16-5-6-16)36-15-30-25-19(26(31)32)12-18(14-29-25)22-4-3-11-35-22/h3-4,7-8,11-14,16H,1,5-6,9-10,15H2,2H3,(H,29,30)(H,31,32)/b24-23-. The third kappa shape index (κ3) is 6.31. The lowest BCUT2D eigenvalue weighted by Gasteiger charge is -2.14. The fourth-order valence-electron chi connectivity index (χ4n) is 3.57. The molecule has 1 aromatic carbocycles. The summed E-state index contributed by atoms with van der Waals surface area (Å²) >= 11 is 3.02. The summed E-state index contributed by atoms with van der Waals surface area (Å²) in [5.74, 6) is -0.405. The molecule has 0 spiro atoms. The summed E-state index contributed by atoms with van der Waals surface area (Å²) in [7, 11) is 1.56. The summed E-state index contributed by atoms with van der Waals surface area (Å²) < 4.78 is 25.0. The largest absolute Gasteiger partial charge is 0.488 e. The number of aromatic nitrogens is 1. The van der Waals surface area contributed by atoms with Gasteiger partial charge in [-0.2, -0.15) is 0 Å². The van der Waals surface area contributed by atoms with E-state index in [1.807, 2.05) is 17.5 Å². The first-order chi connectivity index (χ1) is 17.5. The smallest absolute Gasteiger partial charge is 0.339 e. The Balaban J connectivity index is 1.51. The molecular weight excluding hydrogens is 501 g/mol. The number of nitrogens with one attached hydrogen (secondary N) is 1. The molecule has 0 radical (unpaired) electrons. The molecular formula is C26H26FN3O4S2. The molecule has 0 unspecified atom stereocenters. The van der Waals surface area contributed by atoms with Gasteiger partial charge in [-0.05, 0) is 61.2 Å². The summed E-state index contributed by atoms with van der Waals surface area (Å²) in [4.78, 5) is 22.4. The van der Waals surface area contributed by atoms with Crippen molar-refractivity contribution in [2.75, 3.05) is 31.5 Å². The van der Waals surface area contributed by atoms with Crippen LogP contribution in [-0.4, -0.2) is 49.0 Å². The third-order valence-electron chi connectivity index (χ3n) is 5.48. The van der Waals surface area contributed by atoms with E-state index in [1.165, 1.54) is 29.2 Å².